The van der Waals surface area contributed by atoms with Crippen LogP contribution in [0.25, 0.3) is 0 Å². The van der Waals surface area contributed by atoms with E-state index in [0.717, 1.165) is 44.8 Å². The minimum absolute atomic E-state index is 0.00303. The van der Waals surface area contributed by atoms with Gasteiger partial charge in [-0.3, -0.25) is 4.90 Å². The molecule has 1 fully saturated rings. The molecule has 1 aliphatic heterocycles. The lowest BCUT2D eigenvalue weighted by atomic mass is 9.82. The van der Waals surface area contributed by atoms with Crippen molar-refractivity contribution >= 4 is 5.82 Å². The first-order valence-electron chi connectivity index (χ1n) is 7.90. The number of aromatic nitrogens is 1. The maximum atomic E-state index is 6.14. The molecule has 2 atom stereocenters. The van der Waals surface area contributed by atoms with Crippen molar-refractivity contribution in [2.45, 2.75) is 38.8 Å². The lowest BCUT2D eigenvalue weighted by Crippen LogP contribution is -2.57. The third-order valence-corrected chi connectivity index (χ3v) is 4.66. The Labute approximate surface area is 127 Å². The molecular formula is C16H28N4O. The summed E-state index contributed by atoms with van der Waals surface area (Å²) in [5.74, 6) is 0.622. The quantitative estimate of drug-likeness (QED) is 0.837. The Morgan fingerprint density at radius 2 is 2.14 bits per heavy atom. The topological polar surface area (TPSA) is 63.4 Å². The predicted octanol–water partition coefficient (Wildman–Crippen LogP) is 1.82. The van der Waals surface area contributed by atoms with Gasteiger partial charge in [-0.2, -0.15) is 0 Å². The Morgan fingerprint density at radius 1 is 1.43 bits per heavy atom. The van der Waals surface area contributed by atoms with E-state index in [1.807, 2.05) is 6.07 Å². The molecule has 1 aromatic rings. The van der Waals surface area contributed by atoms with Crippen LogP contribution in [0, 0.1) is 0 Å². The second-order valence-electron chi connectivity index (χ2n) is 5.78. The molecule has 2 heterocycles. The monoisotopic (exact) mass is 292 g/mol. The van der Waals surface area contributed by atoms with Gasteiger partial charge in [0.1, 0.15) is 5.82 Å². The van der Waals surface area contributed by atoms with Crippen LogP contribution >= 0.6 is 0 Å². The van der Waals surface area contributed by atoms with Crippen LogP contribution in [0.1, 0.15) is 38.8 Å². The summed E-state index contributed by atoms with van der Waals surface area (Å²) in [6.45, 7) is 11.1. The molecule has 0 radical (unpaired) electrons. The molecule has 0 amide bonds. The highest BCUT2D eigenvalue weighted by Crippen LogP contribution is 2.36. The van der Waals surface area contributed by atoms with Gasteiger partial charge in [0.15, 0.2) is 0 Å². The highest BCUT2D eigenvalue weighted by Gasteiger charge is 2.40. The van der Waals surface area contributed by atoms with E-state index >= 15 is 0 Å². The molecular weight excluding hydrogens is 264 g/mol. The number of nitrogens with two attached hydrogens (primary N) is 1. The van der Waals surface area contributed by atoms with Crippen molar-refractivity contribution in [3.8, 4) is 0 Å². The smallest absolute Gasteiger partial charge is 0.128 e. The number of hydrogen-bond acceptors (Lipinski definition) is 5. The van der Waals surface area contributed by atoms with Crippen LogP contribution in [0.15, 0.2) is 18.3 Å². The van der Waals surface area contributed by atoms with Gasteiger partial charge in [-0.15, -0.1) is 0 Å². The molecule has 3 N–H and O–H groups in total. The second-order valence-corrected chi connectivity index (χ2v) is 5.78. The lowest BCUT2D eigenvalue weighted by Gasteiger charge is -2.48. The number of hydrogen-bond donors (Lipinski definition) is 2. The number of likely N-dealkylation sites (N-methyl/N-ethyl adjacent to an activating group) is 1. The average Bonchev–Trinajstić information content (AvgIpc) is 2.53. The fraction of sp³-hybridized carbons (Fsp3) is 0.688. The highest BCUT2D eigenvalue weighted by atomic mass is 16.5. The summed E-state index contributed by atoms with van der Waals surface area (Å²) in [6, 6.07) is 4.22. The molecule has 0 saturated carbocycles. The molecule has 1 saturated heterocycles. The van der Waals surface area contributed by atoms with E-state index in [-0.39, 0.29) is 11.6 Å². The molecule has 2 unspecified atom stereocenters. The molecule has 21 heavy (non-hydrogen) atoms. The molecule has 0 aliphatic carbocycles. The number of nitrogens with zero attached hydrogens (tertiary/aromatic N) is 2. The molecule has 0 aromatic carbocycles. The third kappa shape index (κ3) is 3.36. The number of nitrogens with one attached hydrogen (secondary N) is 1. The van der Waals surface area contributed by atoms with Crippen LogP contribution in [-0.2, 0) is 4.74 Å². The minimum atomic E-state index is -0.00303. The summed E-state index contributed by atoms with van der Waals surface area (Å²) in [4.78, 5) is 6.79. The summed E-state index contributed by atoms with van der Waals surface area (Å²) < 4.78 is 5.51. The van der Waals surface area contributed by atoms with E-state index < -0.39 is 0 Å². The van der Waals surface area contributed by atoms with Crippen LogP contribution in [0.2, 0.25) is 0 Å². The van der Waals surface area contributed by atoms with Crippen molar-refractivity contribution in [3.63, 3.8) is 0 Å². The predicted molar refractivity (Wildman–Crippen MR) is 86.2 cm³/mol. The van der Waals surface area contributed by atoms with Crippen LogP contribution in [0.4, 0.5) is 5.82 Å². The fourth-order valence-corrected chi connectivity index (χ4v) is 3.23. The van der Waals surface area contributed by atoms with Crippen LogP contribution in [0.3, 0.4) is 0 Å². The van der Waals surface area contributed by atoms with Crippen molar-refractivity contribution < 1.29 is 4.74 Å². The van der Waals surface area contributed by atoms with Crippen LogP contribution in [-0.4, -0.2) is 48.3 Å². The van der Waals surface area contributed by atoms with Crippen LogP contribution < -0.4 is 11.1 Å². The molecule has 0 bridgehead atoms. The highest BCUT2D eigenvalue weighted by molar-refractivity contribution is 5.42. The van der Waals surface area contributed by atoms with E-state index in [4.69, 9.17) is 10.5 Å². The number of ether oxygens (including phenoxy) is 1. The molecule has 1 aromatic heterocycles. The first-order valence-corrected chi connectivity index (χ1v) is 7.90. The molecule has 5 nitrogen and oxygen atoms in total. The maximum absolute atomic E-state index is 6.14. The zero-order chi connectivity index (χ0) is 15.3. The normalized spacial score (nSPS) is 20.9. The van der Waals surface area contributed by atoms with Gasteiger partial charge in [-0.25, -0.2) is 4.98 Å². The Hall–Kier alpha value is -1.17. The van der Waals surface area contributed by atoms with Gasteiger partial charge in [0.05, 0.1) is 19.3 Å². The van der Waals surface area contributed by atoms with Crippen molar-refractivity contribution in [2.24, 2.45) is 0 Å². The summed E-state index contributed by atoms with van der Waals surface area (Å²) >= 11 is 0. The van der Waals surface area contributed by atoms with E-state index in [0.29, 0.717) is 5.82 Å². The Kier molecular flexibility index (Phi) is 5.56. The third-order valence-electron chi connectivity index (χ3n) is 4.66. The summed E-state index contributed by atoms with van der Waals surface area (Å²) in [6.07, 6.45) is 2.79. The average molecular weight is 292 g/mol. The van der Waals surface area contributed by atoms with Crippen molar-refractivity contribution in [3.05, 3.63) is 23.9 Å². The fourth-order valence-electron chi connectivity index (χ4n) is 3.23. The molecule has 1 aliphatic rings. The Balaban J connectivity index is 2.35. The van der Waals surface area contributed by atoms with Crippen molar-refractivity contribution in [1.29, 1.82) is 0 Å². The minimum Gasteiger partial charge on any atom is -0.383 e. The number of pyridine rings is 1. The molecule has 5 heteroatoms. The van der Waals surface area contributed by atoms with Gasteiger partial charge in [0.25, 0.3) is 0 Å². The molecule has 2 rings (SSSR count). The van der Waals surface area contributed by atoms with Gasteiger partial charge < -0.3 is 15.8 Å². The Bertz CT molecular complexity index is 448. The van der Waals surface area contributed by atoms with Gasteiger partial charge in [0, 0.05) is 30.4 Å². The van der Waals surface area contributed by atoms with Gasteiger partial charge >= 0.3 is 0 Å². The van der Waals surface area contributed by atoms with Crippen molar-refractivity contribution in [1.82, 2.24) is 15.2 Å². The molecule has 0 spiro atoms. The largest absolute Gasteiger partial charge is 0.383 e. The van der Waals surface area contributed by atoms with Gasteiger partial charge in [0.2, 0.25) is 0 Å². The van der Waals surface area contributed by atoms with E-state index in [9.17, 15) is 0 Å². The maximum Gasteiger partial charge on any atom is 0.128 e. The summed E-state index contributed by atoms with van der Waals surface area (Å²) in [7, 11) is 0. The summed E-state index contributed by atoms with van der Waals surface area (Å²) in [5, 5.41) is 3.63. The van der Waals surface area contributed by atoms with Crippen molar-refractivity contribution in [2.75, 3.05) is 38.6 Å². The second kappa shape index (κ2) is 7.20. The molecule has 118 valence electrons. The standard InChI is InChI=1S/C16H28N4O/c1-4-16(3,20-9-11-21-12-10-20)14(18-5-2)13-7-6-8-19-15(13)17/h6-8,14,18H,4-5,9-12H2,1-3H3,(H2,17,19). The van der Waals surface area contributed by atoms with E-state index in [2.05, 4.69) is 42.0 Å². The number of anilines is 1. The SMILES string of the molecule is CCNC(c1cccnc1N)C(C)(CC)N1CCOCC1. The van der Waals surface area contributed by atoms with E-state index in [1.54, 1.807) is 6.20 Å². The zero-order valence-electron chi connectivity index (χ0n) is 13.4. The number of rotatable bonds is 6. The number of nitrogen functional groups attached to an aromatic ring is 1. The van der Waals surface area contributed by atoms with E-state index in [1.165, 1.54) is 0 Å². The van der Waals surface area contributed by atoms with Gasteiger partial charge in [-0.1, -0.05) is 19.9 Å². The first kappa shape index (κ1) is 16.2. The lowest BCUT2D eigenvalue weighted by molar-refractivity contribution is -0.0326. The van der Waals surface area contributed by atoms with Crippen LogP contribution in [0.5, 0.6) is 0 Å². The first-order chi connectivity index (χ1) is 10.1. The number of morpholine rings is 1. The zero-order valence-corrected chi connectivity index (χ0v) is 13.4. The van der Waals surface area contributed by atoms with Gasteiger partial charge in [-0.05, 0) is 26.0 Å². The Morgan fingerprint density at radius 3 is 2.71 bits per heavy atom. The summed E-state index contributed by atoms with van der Waals surface area (Å²) in [5.41, 5.74) is 7.23.